The molecule has 26 heavy (non-hydrogen) atoms. The highest BCUT2D eigenvalue weighted by atomic mass is 16.5. The van der Waals surface area contributed by atoms with E-state index in [1.54, 1.807) is 36.7 Å². The summed E-state index contributed by atoms with van der Waals surface area (Å²) in [7, 11) is 0. The first-order chi connectivity index (χ1) is 12.6. The van der Waals surface area contributed by atoms with Crippen molar-refractivity contribution in [2.75, 3.05) is 24.6 Å². The molecule has 1 saturated heterocycles. The molecular formula is C20H22N2O4. The lowest BCUT2D eigenvalue weighted by Crippen LogP contribution is -2.34. The van der Waals surface area contributed by atoms with Crippen LogP contribution in [0.1, 0.15) is 29.6 Å². The first-order valence-corrected chi connectivity index (χ1v) is 8.74. The summed E-state index contributed by atoms with van der Waals surface area (Å²) in [6.45, 7) is 1.51. The Balaban J connectivity index is 1.49. The molecule has 1 aliphatic rings. The van der Waals surface area contributed by atoms with Crippen LogP contribution < -0.4 is 9.64 Å². The van der Waals surface area contributed by atoms with E-state index in [9.17, 15) is 9.59 Å². The molecule has 0 aliphatic carbocycles. The van der Waals surface area contributed by atoms with Crippen molar-refractivity contribution in [3.63, 3.8) is 0 Å². The Morgan fingerprint density at radius 2 is 1.73 bits per heavy atom. The topological polar surface area (TPSA) is 79.7 Å². The molecule has 136 valence electrons. The highest BCUT2D eigenvalue weighted by Gasteiger charge is 2.22. The van der Waals surface area contributed by atoms with Crippen molar-refractivity contribution in [1.82, 2.24) is 4.98 Å². The minimum absolute atomic E-state index is 0.122. The van der Waals surface area contributed by atoms with E-state index < -0.39 is 5.97 Å². The number of carboxylic acids is 1. The van der Waals surface area contributed by atoms with Crippen molar-refractivity contribution in [3.05, 3.63) is 54.4 Å². The van der Waals surface area contributed by atoms with Gasteiger partial charge in [-0.15, -0.1) is 0 Å². The zero-order valence-corrected chi connectivity index (χ0v) is 14.5. The Labute approximate surface area is 152 Å². The normalized spacial score (nSPS) is 14.8. The summed E-state index contributed by atoms with van der Waals surface area (Å²) in [6, 6.07) is 10.7. The number of piperidine rings is 1. The Hall–Kier alpha value is -2.89. The quantitative estimate of drug-likeness (QED) is 0.770. The number of aromatic nitrogens is 1. The fourth-order valence-corrected chi connectivity index (χ4v) is 3.21. The molecule has 1 aliphatic heterocycles. The van der Waals surface area contributed by atoms with Gasteiger partial charge >= 0.3 is 5.97 Å². The Morgan fingerprint density at radius 3 is 2.35 bits per heavy atom. The molecule has 1 fully saturated rings. The predicted octanol–water partition coefficient (Wildman–Crippen LogP) is 3.03. The number of carboxylic acid groups (broad SMARTS) is 1. The van der Waals surface area contributed by atoms with Crippen LogP contribution in [0.2, 0.25) is 0 Å². The first-order valence-electron chi connectivity index (χ1n) is 8.74. The van der Waals surface area contributed by atoms with Gasteiger partial charge in [0.25, 0.3) is 0 Å². The second-order valence-corrected chi connectivity index (χ2v) is 6.47. The van der Waals surface area contributed by atoms with E-state index in [0.717, 1.165) is 25.9 Å². The minimum Gasteiger partial charge on any atom is -0.482 e. The number of hydrogen-bond donors (Lipinski definition) is 1. The van der Waals surface area contributed by atoms with Gasteiger partial charge in [-0.05, 0) is 55.2 Å². The molecule has 6 heteroatoms. The molecule has 0 unspecified atom stereocenters. The van der Waals surface area contributed by atoms with Crippen LogP contribution in [0, 0.1) is 5.92 Å². The van der Waals surface area contributed by atoms with Crippen molar-refractivity contribution in [3.8, 4) is 5.75 Å². The summed E-state index contributed by atoms with van der Waals surface area (Å²) in [4.78, 5) is 29.4. The van der Waals surface area contributed by atoms with Crippen molar-refractivity contribution in [1.29, 1.82) is 0 Å². The van der Waals surface area contributed by atoms with E-state index in [2.05, 4.69) is 9.88 Å². The number of hydrogen-bond acceptors (Lipinski definition) is 5. The largest absolute Gasteiger partial charge is 0.482 e. The van der Waals surface area contributed by atoms with E-state index in [1.807, 2.05) is 12.1 Å². The molecule has 1 aromatic heterocycles. The second kappa shape index (κ2) is 8.47. The van der Waals surface area contributed by atoms with Gasteiger partial charge in [0, 0.05) is 43.2 Å². The molecule has 2 heterocycles. The molecule has 0 spiro atoms. The van der Waals surface area contributed by atoms with Crippen LogP contribution in [0.15, 0.2) is 48.8 Å². The van der Waals surface area contributed by atoms with Crippen LogP contribution in [0.25, 0.3) is 0 Å². The fraction of sp³-hybridized carbons (Fsp3) is 0.350. The molecule has 3 rings (SSSR count). The number of ether oxygens (including phenoxy) is 1. The lowest BCUT2D eigenvalue weighted by atomic mass is 9.89. The monoisotopic (exact) mass is 354 g/mol. The first kappa shape index (κ1) is 17.9. The number of carbonyl (C=O) groups excluding carboxylic acids is 1. The van der Waals surface area contributed by atoms with Gasteiger partial charge in [-0.25, -0.2) is 4.79 Å². The highest BCUT2D eigenvalue weighted by Crippen LogP contribution is 2.26. The summed E-state index contributed by atoms with van der Waals surface area (Å²) in [5, 5.41) is 8.61. The van der Waals surface area contributed by atoms with Crippen LogP contribution in [0.5, 0.6) is 5.75 Å². The number of pyridine rings is 1. The van der Waals surface area contributed by atoms with Gasteiger partial charge in [-0.1, -0.05) is 0 Å². The van der Waals surface area contributed by atoms with Crippen molar-refractivity contribution >= 4 is 17.4 Å². The molecule has 1 N–H and O–H groups in total. The fourth-order valence-electron chi connectivity index (χ4n) is 3.21. The van der Waals surface area contributed by atoms with Gasteiger partial charge in [0.2, 0.25) is 0 Å². The Bertz CT molecular complexity index is 738. The third-order valence-electron chi connectivity index (χ3n) is 4.66. The highest BCUT2D eigenvalue weighted by molar-refractivity contribution is 5.96. The Kier molecular flexibility index (Phi) is 5.84. The maximum Gasteiger partial charge on any atom is 0.341 e. The number of carbonyl (C=O) groups is 2. The second-order valence-electron chi connectivity index (χ2n) is 6.47. The van der Waals surface area contributed by atoms with Crippen LogP contribution in [0.4, 0.5) is 5.69 Å². The van der Waals surface area contributed by atoms with Gasteiger partial charge in [0.1, 0.15) is 5.75 Å². The summed E-state index contributed by atoms with van der Waals surface area (Å²) in [5.41, 5.74) is 1.82. The third-order valence-corrected chi connectivity index (χ3v) is 4.66. The standard InChI is InChI=1S/C20H22N2O4/c23-19(16-1-3-18(4-2-16)26-14-20(24)25)13-15-7-11-22(12-8-15)17-5-9-21-10-6-17/h1-6,9-10,15H,7-8,11-14H2,(H,24,25). The van der Waals surface area contributed by atoms with Crippen molar-refractivity contribution in [2.24, 2.45) is 5.92 Å². The average molecular weight is 354 g/mol. The molecule has 6 nitrogen and oxygen atoms in total. The molecule has 0 radical (unpaired) electrons. The maximum atomic E-state index is 12.5. The van der Waals surface area contributed by atoms with Crippen LogP contribution in [0.3, 0.4) is 0 Å². The van der Waals surface area contributed by atoms with Gasteiger partial charge in [-0.3, -0.25) is 9.78 Å². The number of nitrogens with zero attached hydrogens (tertiary/aromatic N) is 2. The minimum atomic E-state index is -1.02. The molecule has 0 atom stereocenters. The van der Waals surface area contributed by atoms with Crippen LogP contribution in [-0.4, -0.2) is 41.5 Å². The van der Waals surface area contributed by atoms with E-state index in [4.69, 9.17) is 9.84 Å². The number of anilines is 1. The zero-order chi connectivity index (χ0) is 18.4. The van der Waals surface area contributed by atoms with E-state index in [1.165, 1.54) is 5.69 Å². The molecule has 2 aromatic rings. The Morgan fingerprint density at radius 1 is 1.08 bits per heavy atom. The SMILES string of the molecule is O=C(O)COc1ccc(C(=O)CC2CCN(c3ccncc3)CC2)cc1. The number of benzene rings is 1. The molecule has 0 saturated carbocycles. The molecule has 1 aromatic carbocycles. The van der Waals surface area contributed by atoms with Crippen LogP contribution in [-0.2, 0) is 4.79 Å². The zero-order valence-electron chi connectivity index (χ0n) is 14.5. The number of ketones is 1. The van der Waals surface area contributed by atoms with Crippen molar-refractivity contribution in [2.45, 2.75) is 19.3 Å². The van der Waals surface area contributed by atoms with Gasteiger partial charge in [0.05, 0.1) is 0 Å². The number of aliphatic carboxylic acids is 1. The summed E-state index contributed by atoms with van der Waals surface area (Å²) in [6.07, 6.45) is 6.13. The molecule has 0 amide bonds. The van der Waals surface area contributed by atoms with Crippen molar-refractivity contribution < 1.29 is 19.4 Å². The van der Waals surface area contributed by atoms with Gasteiger partial charge in [0.15, 0.2) is 12.4 Å². The maximum absolute atomic E-state index is 12.5. The summed E-state index contributed by atoms with van der Waals surface area (Å²) >= 11 is 0. The van der Waals surface area contributed by atoms with E-state index >= 15 is 0 Å². The lowest BCUT2D eigenvalue weighted by molar-refractivity contribution is -0.139. The summed E-state index contributed by atoms with van der Waals surface area (Å²) < 4.78 is 5.09. The molecule has 0 bridgehead atoms. The number of Topliss-reactive ketones (excluding diaryl/α,β-unsaturated/α-hetero) is 1. The van der Waals surface area contributed by atoms with Crippen LogP contribution >= 0.6 is 0 Å². The van der Waals surface area contributed by atoms with E-state index in [0.29, 0.717) is 23.7 Å². The predicted molar refractivity (Wildman–Crippen MR) is 97.7 cm³/mol. The van der Waals surface area contributed by atoms with E-state index in [-0.39, 0.29) is 12.4 Å². The third kappa shape index (κ3) is 4.81. The lowest BCUT2D eigenvalue weighted by Gasteiger charge is -2.33. The molecular weight excluding hydrogens is 332 g/mol. The number of rotatable bonds is 7. The van der Waals surface area contributed by atoms with Gasteiger partial charge < -0.3 is 14.7 Å². The van der Waals surface area contributed by atoms with Gasteiger partial charge in [-0.2, -0.15) is 0 Å². The average Bonchev–Trinajstić information content (AvgIpc) is 2.68. The smallest absolute Gasteiger partial charge is 0.341 e. The summed E-state index contributed by atoms with van der Waals surface area (Å²) in [5.74, 6) is -0.0569.